The molecule has 9 nitrogen and oxygen atoms in total. The van der Waals surface area contributed by atoms with E-state index in [1.807, 2.05) is 26.0 Å². The van der Waals surface area contributed by atoms with E-state index in [0.29, 0.717) is 61.5 Å². The van der Waals surface area contributed by atoms with Gasteiger partial charge in [0, 0.05) is 47.7 Å². The van der Waals surface area contributed by atoms with Gasteiger partial charge in [0.1, 0.15) is 22.8 Å². The van der Waals surface area contributed by atoms with Gasteiger partial charge in [0.05, 0.1) is 50.2 Å². The predicted octanol–water partition coefficient (Wildman–Crippen LogP) is 5.64. The minimum atomic E-state index is -0.587. The highest BCUT2D eigenvalue weighted by Crippen LogP contribution is 2.47. The SMILES string of the molecule is COc1cc2oc(=O)ccc2cc1C(C=C(C)C)c1c(OC)cc2c(c1O)c(=O)c1ccc(OC)c(OC)c1n2C. The maximum Gasteiger partial charge on any atom is 0.336 e. The average molecular weight is 558 g/mol. The average Bonchev–Trinajstić information content (AvgIpc) is 2.96. The molecule has 1 N–H and O–H groups in total. The van der Waals surface area contributed by atoms with Gasteiger partial charge >= 0.3 is 5.63 Å². The number of fused-ring (bicyclic) bond motifs is 3. The quantitative estimate of drug-likeness (QED) is 0.156. The molecule has 1 atom stereocenters. The number of hydrogen-bond acceptors (Lipinski definition) is 8. The number of phenols is 1. The van der Waals surface area contributed by atoms with Crippen molar-refractivity contribution in [2.45, 2.75) is 19.8 Å². The molecule has 0 fully saturated rings. The number of ether oxygens (including phenoxy) is 4. The smallest absolute Gasteiger partial charge is 0.336 e. The minimum absolute atomic E-state index is 0.140. The molecule has 0 aliphatic rings. The van der Waals surface area contributed by atoms with Crippen molar-refractivity contribution >= 4 is 32.8 Å². The van der Waals surface area contributed by atoms with E-state index in [2.05, 4.69) is 0 Å². The predicted molar refractivity (Wildman–Crippen MR) is 158 cm³/mol. The van der Waals surface area contributed by atoms with Crippen molar-refractivity contribution in [3.05, 3.63) is 85.9 Å². The van der Waals surface area contributed by atoms with Crippen LogP contribution in [0.25, 0.3) is 32.8 Å². The van der Waals surface area contributed by atoms with Crippen molar-refractivity contribution in [2.75, 3.05) is 28.4 Å². The van der Waals surface area contributed by atoms with Crippen molar-refractivity contribution in [1.29, 1.82) is 0 Å². The molecule has 2 heterocycles. The van der Waals surface area contributed by atoms with E-state index >= 15 is 0 Å². The fourth-order valence-electron chi connectivity index (χ4n) is 5.48. The number of rotatable bonds is 7. The summed E-state index contributed by atoms with van der Waals surface area (Å²) in [5.74, 6) is 0.904. The summed E-state index contributed by atoms with van der Waals surface area (Å²) in [7, 11) is 7.87. The van der Waals surface area contributed by atoms with Crippen LogP contribution in [0, 0.1) is 0 Å². The molecule has 3 aromatic carbocycles. The van der Waals surface area contributed by atoms with E-state index in [1.54, 1.807) is 41.9 Å². The largest absolute Gasteiger partial charge is 0.507 e. The first kappa shape index (κ1) is 27.6. The Hall–Kier alpha value is -4.92. The first-order chi connectivity index (χ1) is 19.6. The lowest BCUT2D eigenvalue weighted by molar-refractivity contribution is 0.357. The lowest BCUT2D eigenvalue weighted by Crippen LogP contribution is -2.13. The van der Waals surface area contributed by atoms with Gasteiger partial charge in [0.15, 0.2) is 11.5 Å². The number of aryl methyl sites for hydroxylation is 1. The molecular weight excluding hydrogens is 526 g/mol. The fraction of sp³-hybridized carbons (Fsp3) is 0.250. The second-order valence-corrected chi connectivity index (χ2v) is 9.93. The maximum atomic E-state index is 14.0. The molecule has 0 aliphatic carbocycles. The lowest BCUT2D eigenvalue weighted by atomic mass is 9.86. The van der Waals surface area contributed by atoms with E-state index < -0.39 is 11.5 Å². The molecule has 0 saturated carbocycles. The van der Waals surface area contributed by atoms with E-state index in [4.69, 9.17) is 23.4 Å². The molecule has 1 unspecified atom stereocenters. The molecule has 0 spiro atoms. The third-order valence-corrected chi connectivity index (χ3v) is 7.31. The summed E-state index contributed by atoms with van der Waals surface area (Å²) < 4.78 is 29.8. The van der Waals surface area contributed by atoms with Crippen molar-refractivity contribution in [1.82, 2.24) is 4.57 Å². The Morgan fingerprint density at radius 2 is 1.61 bits per heavy atom. The number of nitrogens with zero attached hydrogens (tertiary/aromatic N) is 1. The van der Waals surface area contributed by atoms with Gasteiger partial charge in [0.25, 0.3) is 0 Å². The van der Waals surface area contributed by atoms with Crippen LogP contribution < -0.4 is 30.0 Å². The number of allylic oxidation sites excluding steroid dienone is 2. The van der Waals surface area contributed by atoms with Crippen molar-refractivity contribution < 1.29 is 28.5 Å². The van der Waals surface area contributed by atoms with E-state index in [9.17, 15) is 14.7 Å². The normalized spacial score (nSPS) is 12.0. The maximum absolute atomic E-state index is 14.0. The number of pyridine rings is 1. The Morgan fingerprint density at radius 1 is 0.902 bits per heavy atom. The highest BCUT2D eigenvalue weighted by atomic mass is 16.5. The molecule has 0 amide bonds. The monoisotopic (exact) mass is 557 g/mol. The Morgan fingerprint density at radius 3 is 2.24 bits per heavy atom. The summed E-state index contributed by atoms with van der Waals surface area (Å²) in [6, 6.07) is 11.6. The van der Waals surface area contributed by atoms with Crippen LogP contribution in [-0.2, 0) is 7.05 Å². The van der Waals surface area contributed by atoms with Gasteiger partial charge in [-0.25, -0.2) is 4.79 Å². The Labute approximate surface area is 235 Å². The highest BCUT2D eigenvalue weighted by Gasteiger charge is 2.29. The third-order valence-electron chi connectivity index (χ3n) is 7.31. The zero-order valence-corrected chi connectivity index (χ0v) is 23.9. The van der Waals surface area contributed by atoms with Gasteiger partial charge in [-0.05, 0) is 38.1 Å². The van der Waals surface area contributed by atoms with Crippen LogP contribution in [-0.4, -0.2) is 38.1 Å². The van der Waals surface area contributed by atoms with Crippen molar-refractivity contribution in [3.8, 4) is 28.7 Å². The Kier molecular flexibility index (Phi) is 7.13. The van der Waals surface area contributed by atoms with Crippen LogP contribution in [0.4, 0.5) is 0 Å². The van der Waals surface area contributed by atoms with Crippen LogP contribution in [0.1, 0.15) is 30.9 Å². The number of aromatic hydroxyl groups is 1. The summed E-state index contributed by atoms with van der Waals surface area (Å²) >= 11 is 0. The fourth-order valence-corrected chi connectivity index (χ4v) is 5.48. The number of hydrogen-bond donors (Lipinski definition) is 1. The summed E-state index contributed by atoms with van der Waals surface area (Å²) in [5.41, 5.74) is 2.56. The molecule has 5 rings (SSSR count). The minimum Gasteiger partial charge on any atom is -0.507 e. The first-order valence-corrected chi connectivity index (χ1v) is 12.9. The van der Waals surface area contributed by atoms with Gasteiger partial charge < -0.3 is 33.0 Å². The van der Waals surface area contributed by atoms with E-state index in [-0.39, 0.29) is 16.6 Å². The summed E-state index contributed by atoms with van der Waals surface area (Å²) in [6.45, 7) is 3.88. The highest BCUT2D eigenvalue weighted by molar-refractivity contribution is 6.01. The number of benzene rings is 3. The summed E-state index contributed by atoms with van der Waals surface area (Å²) in [5, 5.41) is 13.1. The van der Waals surface area contributed by atoms with Gasteiger partial charge in [-0.15, -0.1) is 0 Å². The van der Waals surface area contributed by atoms with Gasteiger partial charge in [-0.2, -0.15) is 0 Å². The molecule has 41 heavy (non-hydrogen) atoms. The summed E-state index contributed by atoms with van der Waals surface area (Å²) in [4.78, 5) is 25.8. The molecular formula is C32H31NO8. The number of methoxy groups -OCH3 is 4. The number of aromatic nitrogens is 1. The topological polar surface area (TPSA) is 109 Å². The van der Waals surface area contributed by atoms with Crippen LogP contribution in [0.15, 0.2) is 68.1 Å². The van der Waals surface area contributed by atoms with Gasteiger partial charge in [0.2, 0.25) is 5.43 Å². The zero-order chi connectivity index (χ0) is 29.6. The van der Waals surface area contributed by atoms with E-state index in [1.165, 1.54) is 34.5 Å². The lowest BCUT2D eigenvalue weighted by Gasteiger charge is -2.24. The summed E-state index contributed by atoms with van der Waals surface area (Å²) in [6.07, 6.45) is 1.96. The number of phenolic OH excluding ortho intramolecular Hbond substituents is 1. The van der Waals surface area contributed by atoms with E-state index in [0.717, 1.165) is 5.57 Å². The molecule has 212 valence electrons. The molecule has 2 aromatic heterocycles. The van der Waals surface area contributed by atoms with Crippen molar-refractivity contribution in [2.24, 2.45) is 7.05 Å². The molecule has 5 aromatic rings. The zero-order valence-electron chi connectivity index (χ0n) is 23.9. The van der Waals surface area contributed by atoms with Crippen molar-refractivity contribution in [3.63, 3.8) is 0 Å². The van der Waals surface area contributed by atoms with Crippen LogP contribution >= 0.6 is 0 Å². The molecule has 0 saturated heterocycles. The van der Waals surface area contributed by atoms with Gasteiger partial charge in [-0.3, -0.25) is 4.79 Å². The standard InChI is InChI=1S/C32H31NO8/c1-16(2)12-20(19-13-17-8-11-26(34)41-23(17)15-24(19)38-5)27-25(39-6)14-21-28(31(27)36)30(35)18-9-10-22(37-4)32(40-7)29(18)33(21)3/h8-15,20,36H,1-7H3. The third kappa shape index (κ3) is 4.43. The van der Waals surface area contributed by atoms with Gasteiger partial charge in [-0.1, -0.05) is 11.6 Å². The Balaban J connectivity index is 1.92. The molecule has 9 heteroatoms. The van der Waals surface area contributed by atoms with Crippen LogP contribution in [0.5, 0.6) is 28.7 Å². The molecule has 0 bridgehead atoms. The first-order valence-electron chi connectivity index (χ1n) is 12.9. The molecule has 0 aliphatic heterocycles. The second kappa shape index (κ2) is 10.6. The van der Waals surface area contributed by atoms with Crippen LogP contribution in [0.3, 0.4) is 0 Å². The Bertz CT molecular complexity index is 1980. The van der Waals surface area contributed by atoms with Crippen LogP contribution in [0.2, 0.25) is 0 Å². The molecule has 0 radical (unpaired) electrons. The second-order valence-electron chi connectivity index (χ2n) is 9.93.